The number of halogens is 5. The van der Waals surface area contributed by atoms with Crippen molar-refractivity contribution in [3.63, 3.8) is 0 Å². The molecule has 2 rings (SSSR count). The first-order valence-electron chi connectivity index (χ1n) is 7.07. The number of nitrogens with zero attached hydrogens (tertiary/aromatic N) is 2. The van der Waals surface area contributed by atoms with E-state index < -0.39 is 23.4 Å². The number of anilines is 2. The van der Waals surface area contributed by atoms with Gasteiger partial charge in [-0.1, -0.05) is 6.07 Å². The zero-order valence-corrected chi connectivity index (χ0v) is 13.1. The van der Waals surface area contributed by atoms with E-state index in [-0.39, 0.29) is 24.0 Å². The molecule has 0 fully saturated rings. The van der Waals surface area contributed by atoms with Gasteiger partial charge in [-0.3, -0.25) is 0 Å². The normalized spacial score (nSPS) is 12.2. The number of alkyl halides is 3. The van der Waals surface area contributed by atoms with Crippen molar-refractivity contribution in [1.29, 1.82) is 0 Å². The van der Waals surface area contributed by atoms with Gasteiger partial charge in [-0.05, 0) is 30.3 Å². The largest absolute Gasteiger partial charge is 0.416 e. The molecule has 0 radical (unpaired) electrons. The molecule has 0 atom stereocenters. The van der Waals surface area contributed by atoms with Crippen LogP contribution in [0.3, 0.4) is 0 Å². The van der Waals surface area contributed by atoms with E-state index in [1.54, 1.807) is 0 Å². The molecule has 0 aromatic heterocycles. The third-order valence-electron chi connectivity index (χ3n) is 3.29. The van der Waals surface area contributed by atoms with Gasteiger partial charge in [0.15, 0.2) is 5.96 Å². The van der Waals surface area contributed by atoms with Crippen molar-refractivity contribution in [2.24, 2.45) is 10.7 Å². The van der Waals surface area contributed by atoms with Crippen LogP contribution >= 0.6 is 0 Å². The third kappa shape index (κ3) is 5.07. The maximum atomic E-state index is 13.2. The number of nitrogens with one attached hydrogen (secondary N) is 1. The van der Waals surface area contributed by atoms with Crippen LogP contribution in [0.4, 0.5) is 33.3 Å². The fraction of sp³-hybridized carbons (Fsp3) is 0.188. The lowest BCUT2D eigenvalue weighted by molar-refractivity contribution is -0.137. The summed E-state index contributed by atoms with van der Waals surface area (Å²) in [4.78, 5) is 5.18. The summed E-state index contributed by atoms with van der Waals surface area (Å²) in [5.74, 6) is -1.60. The van der Waals surface area contributed by atoms with Crippen molar-refractivity contribution in [3.8, 4) is 0 Å². The van der Waals surface area contributed by atoms with E-state index in [0.29, 0.717) is 0 Å². The summed E-state index contributed by atoms with van der Waals surface area (Å²) in [7, 11) is 1.46. The lowest BCUT2D eigenvalue weighted by Gasteiger charge is -2.18. The minimum atomic E-state index is -4.44. The van der Waals surface area contributed by atoms with E-state index in [9.17, 15) is 22.0 Å². The summed E-state index contributed by atoms with van der Waals surface area (Å²) in [6.45, 7) is -0.116. The number of hydrogen-bond donors (Lipinski definition) is 2. The van der Waals surface area contributed by atoms with Crippen molar-refractivity contribution in [3.05, 3.63) is 59.7 Å². The Balaban J connectivity index is 2.04. The highest BCUT2D eigenvalue weighted by Gasteiger charge is 2.30. The maximum Gasteiger partial charge on any atom is 0.416 e. The monoisotopic (exact) mass is 358 g/mol. The zero-order valence-electron chi connectivity index (χ0n) is 13.1. The van der Waals surface area contributed by atoms with Crippen molar-refractivity contribution in [2.45, 2.75) is 6.18 Å². The van der Waals surface area contributed by atoms with E-state index >= 15 is 0 Å². The lowest BCUT2D eigenvalue weighted by atomic mass is 10.2. The summed E-state index contributed by atoms with van der Waals surface area (Å²) < 4.78 is 64.3. The molecule has 4 nitrogen and oxygen atoms in total. The smallest absolute Gasteiger partial charge is 0.369 e. The van der Waals surface area contributed by atoms with Crippen LogP contribution in [-0.2, 0) is 6.18 Å². The number of hydrogen-bond acceptors (Lipinski definition) is 2. The van der Waals surface area contributed by atoms with Gasteiger partial charge in [0.25, 0.3) is 0 Å². The van der Waals surface area contributed by atoms with Crippen molar-refractivity contribution >= 4 is 17.3 Å². The van der Waals surface area contributed by atoms with Gasteiger partial charge in [-0.15, -0.1) is 0 Å². The average molecular weight is 358 g/mol. The van der Waals surface area contributed by atoms with E-state index in [2.05, 4.69) is 10.3 Å². The fourth-order valence-electron chi connectivity index (χ4n) is 1.99. The van der Waals surface area contributed by atoms with E-state index in [1.807, 2.05) is 0 Å². The van der Waals surface area contributed by atoms with Gasteiger partial charge in [-0.25, -0.2) is 13.8 Å². The quantitative estimate of drug-likeness (QED) is 0.497. The van der Waals surface area contributed by atoms with Crippen LogP contribution in [0.25, 0.3) is 0 Å². The predicted molar refractivity (Wildman–Crippen MR) is 86.3 cm³/mol. The fourth-order valence-corrected chi connectivity index (χ4v) is 1.99. The van der Waals surface area contributed by atoms with E-state index in [4.69, 9.17) is 5.73 Å². The number of aliphatic imine (C=N–C) groups is 1. The Morgan fingerprint density at radius 1 is 1.12 bits per heavy atom. The molecule has 9 heteroatoms. The highest BCUT2D eigenvalue weighted by Crippen LogP contribution is 2.30. The Morgan fingerprint density at radius 3 is 2.36 bits per heavy atom. The van der Waals surface area contributed by atoms with Crippen LogP contribution in [0.2, 0.25) is 0 Å². The highest BCUT2D eigenvalue weighted by atomic mass is 19.4. The molecule has 2 aromatic rings. The van der Waals surface area contributed by atoms with E-state index in [1.165, 1.54) is 24.1 Å². The molecule has 0 aliphatic rings. The Labute approximate surface area is 140 Å². The van der Waals surface area contributed by atoms with Gasteiger partial charge in [-0.2, -0.15) is 13.2 Å². The van der Waals surface area contributed by atoms with E-state index in [0.717, 1.165) is 30.3 Å². The number of rotatable bonds is 4. The first kappa shape index (κ1) is 18.5. The Morgan fingerprint density at radius 2 is 1.76 bits per heavy atom. The molecule has 0 saturated carbocycles. The van der Waals surface area contributed by atoms with Crippen molar-refractivity contribution in [2.75, 3.05) is 23.9 Å². The van der Waals surface area contributed by atoms with Gasteiger partial charge in [0.05, 0.1) is 5.56 Å². The molecule has 2 aromatic carbocycles. The predicted octanol–water partition coefficient (Wildman–Crippen LogP) is 3.80. The molecule has 0 spiro atoms. The first-order valence-corrected chi connectivity index (χ1v) is 7.07. The Bertz CT molecular complexity index is 753. The highest BCUT2D eigenvalue weighted by molar-refractivity contribution is 5.94. The van der Waals surface area contributed by atoms with Gasteiger partial charge in [0, 0.05) is 24.5 Å². The van der Waals surface area contributed by atoms with Crippen LogP contribution in [0.1, 0.15) is 5.56 Å². The van der Waals surface area contributed by atoms with Gasteiger partial charge >= 0.3 is 6.18 Å². The molecular formula is C16H15F5N4. The molecule has 0 aliphatic heterocycles. The van der Waals surface area contributed by atoms with Crippen LogP contribution in [0.15, 0.2) is 47.5 Å². The SMILES string of the molecule is CN(C(N)=NCNc1cccc(C(F)(F)F)c1)c1cc(F)cc(F)c1. The molecule has 0 aliphatic carbocycles. The summed E-state index contributed by atoms with van der Waals surface area (Å²) in [6.07, 6.45) is -4.44. The number of nitrogens with two attached hydrogens (primary N) is 1. The second kappa shape index (κ2) is 7.37. The van der Waals surface area contributed by atoms with Crippen LogP contribution in [-0.4, -0.2) is 19.7 Å². The standard InChI is InChI=1S/C16H15F5N4/c1-25(14-7-11(17)6-12(18)8-14)15(22)24-9-23-13-4-2-3-10(5-13)16(19,20)21/h2-8,23H,9H2,1H3,(H2,22,24). The summed E-state index contributed by atoms with van der Waals surface area (Å²) in [5, 5.41) is 2.67. The van der Waals surface area contributed by atoms with Gasteiger partial charge in [0.2, 0.25) is 0 Å². The minimum absolute atomic E-state index is 0.0653. The maximum absolute atomic E-state index is 13.2. The molecule has 0 heterocycles. The van der Waals surface area contributed by atoms with Crippen LogP contribution in [0, 0.1) is 11.6 Å². The Kier molecular flexibility index (Phi) is 5.45. The van der Waals surface area contributed by atoms with Crippen LogP contribution in [0.5, 0.6) is 0 Å². The summed E-state index contributed by atoms with van der Waals surface area (Å²) in [6, 6.07) is 7.48. The molecule has 0 unspecified atom stereocenters. The minimum Gasteiger partial charge on any atom is -0.369 e. The molecule has 134 valence electrons. The molecule has 3 N–H and O–H groups in total. The molecular weight excluding hydrogens is 343 g/mol. The lowest BCUT2D eigenvalue weighted by Crippen LogP contribution is -2.34. The molecule has 0 bridgehead atoms. The third-order valence-corrected chi connectivity index (χ3v) is 3.29. The Hall–Kier alpha value is -2.84. The van der Waals surface area contributed by atoms with Crippen molar-refractivity contribution < 1.29 is 22.0 Å². The molecule has 0 saturated heterocycles. The second-order valence-corrected chi connectivity index (χ2v) is 5.12. The molecule has 25 heavy (non-hydrogen) atoms. The first-order chi connectivity index (χ1) is 11.7. The zero-order chi connectivity index (χ0) is 18.6. The number of guanidine groups is 1. The van der Waals surface area contributed by atoms with Crippen molar-refractivity contribution in [1.82, 2.24) is 0 Å². The second-order valence-electron chi connectivity index (χ2n) is 5.12. The summed E-state index contributed by atoms with van der Waals surface area (Å²) >= 11 is 0. The summed E-state index contributed by atoms with van der Waals surface area (Å²) in [5.41, 5.74) is 5.30. The van der Waals surface area contributed by atoms with Gasteiger partial charge < -0.3 is 16.0 Å². The molecule has 0 amide bonds. The van der Waals surface area contributed by atoms with Crippen LogP contribution < -0.4 is 16.0 Å². The van der Waals surface area contributed by atoms with Gasteiger partial charge in [0.1, 0.15) is 18.3 Å². The average Bonchev–Trinajstić information content (AvgIpc) is 2.52. The number of benzene rings is 2. The topological polar surface area (TPSA) is 53.6 Å².